The quantitative estimate of drug-likeness (QED) is 0.133. The summed E-state index contributed by atoms with van der Waals surface area (Å²) in [7, 11) is 0. The average molecular weight is 461 g/mol. The van der Waals surface area contributed by atoms with Gasteiger partial charge in [0.15, 0.2) is 6.04 Å². The molecule has 0 radical (unpaired) electrons. The first-order chi connectivity index (χ1) is 15.3. The first kappa shape index (κ1) is 24.9. The maximum absolute atomic E-state index is 13.4. The second kappa shape index (κ2) is 11.9. The van der Waals surface area contributed by atoms with Crippen molar-refractivity contribution in [3.8, 4) is 0 Å². The fourth-order valence-corrected chi connectivity index (χ4v) is 3.41. The molecule has 0 aliphatic carbocycles. The van der Waals surface area contributed by atoms with Crippen molar-refractivity contribution < 1.29 is 28.6 Å². The molecule has 2 rings (SSSR count). The number of rotatable bonds is 10. The molecule has 32 heavy (non-hydrogen) atoms. The molecule has 0 N–H and O–H groups in total. The van der Waals surface area contributed by atoms with Gasteiger partial charge in [0.2, 0.25) is 0 Å². The van der Waals surface area contributed by atoms with Crippen molar-refractivity contribution in [3.05, 3.63) is 71.0 Å². The second-order valence-corrected chi connectivity index (χ2v) is 6.99. The maximum atomic E-state index is 13.4. The smallest absolute Gasteiger partial charge is 0.330 e. The highest BCUT2D eigenvalue weighted by molar-refractivity contribution is 6.54. The Kier molecular flexibility index (Phi) is 9.22. The van der Waals surface area contributed by atoms with Gasteiger partial charge in [-0.05, 0) is 32.1 Å². The number of hydroxylamine groups is 1. The molecule has 0 bridgehead atoms. The summed E-state index contributed by atoms with van der Waals surface area (Å²) in [5.74, 6) is -1.72. The minimum Gasteiger partial charge on any atom is -0.623 e. The van der Waals surface area contributed by atoms with E-state index in [4.69, 9.17) is 21.1 Å². The Hall–Kier alpha value is -3.39. The predicted molar refractivity (Wildman–Crippen MR) is 122 cm³/mol. The van der Waals surface area contributed by atoms with Gasteiger partial charge in [0.05, 0.1) is 29.5 Å². The van der Waals surface area contributed by atoms with Crippen molar-refractivity contribution in [1.82, 2.24) is 0 Å². The molecule has 0 saturated carbocycles. The van der Waals surface area contributed by atoms with E-state index in [0.717, 1.165) is 6.08 Å². The van der Waals surface area contributed by atoms with E-state index in [1.165, 1.54) is 29.2 Å². The second-order valence-electron chi connectivity index (χ2n) is 6.58. The van der Waals surface area contributed by atoms with Gasteiger partial charge in [0, 0.05) is 25.1 Å². The zero-order chi connectivity index (χ0) is 23.7. The van der Waals surface area contributed by atoms with Crippen molar-refractivity contribution in [2.24, 2.45) is 0 Å². The topological polar surface area (TPSA) is 99.0 Å². The van der Waals surface area contributed by atoms with Gasteiger partial charge >= 0.3 is 17.8 Å². The minimum atomic E-state index is -0.973. The van der Waals surface area contributed by atoms with E-state index < -0.39 is 23.9 Å². The standard InChI is InChI=1S/C23H25ClN2O6/c1-4-15-25-21-17(10-8-11-18(21)24)22(23(25)29)26(30)16(13-14-20(28)32-6-3)9-7-12-19(27)31-5-2/h4,7-8,10-14,16H,1,5-6,9,15H2,2-3H3/b12-7+,14-13+,26-22+. The number of benzene rings is 1. The summed E-state index contributed by atoms with van der Waals surface area (Å²) in [6.07, 6.45) is 6.66. The summed E-state index contributed by atoms with van der Waals surface area (Å²) in [4.78, 5) is 37.8. The van der Waals surface area contributed by atoms with Gasteiger partial charge in [-0.3, -0.25) is 9.69 Å². The molecule has 1 heterocycles. The Morgan fingerprint density at radius 1 is 1.22 bits per heavy atom. The van der Waals surface area contributed by atoms with Crippen molar-refractivity contribution in [1.29, 1.82) is 0 Å². The maximum Gasteiger partial charge on any atom is 0.330 e. The Morgan fingerprint density at radius 2 is 1.88 bits per heavy atom. The molecule has 1 aromatic carbocycles. The van der Waals surface area contributed by atoms with Crippen LogP contribution in [0.25, 0.3) is 0 Å². The van der Waals surface area contributed by atoms with Crippen molar-refractivity contribution in [3.63, 3.8) is 0 Å². The lowest BCUT2D eigenvalue weighted by Crippen LogP contribution is -2.36. The number of carbonyl (C=O) groups excluding carboxylic acids is 3. The molecule has 0 aromatic heterocycles. The summed E-state index contributed by atoms with van der Waals surface area (Å²) in [6.45, 7) is 7.54. The van der Waals surface area contributed by atoms with Crippen LogP contribution in [0.4, 0.5) is 5.69 Å². The lowest BCUT2D eigenvalue weighted by molar-refractivity contribution is -0.485. The van der Waals surface area contributed by atoms with Crippen LogP contribution in [0.1, 0.15) is 25.8 Å². The largest absolute Gasteiger partial charge is 0.623 e. The number of hydrogen-bond acceptors (Lipinski definition) is 6. The fourth-order valence-electron chi connectivity index (χ4n) is 3.13. The molecule has 170 valence electrons. The molecule has 0 fully saturated rings. The van der Waals surface area contributed by atoms with Crippen LogP contribution in [0.5, 0.6) is 0 Å². The zero-order valence-corrected chi connectivity index (χ0v) is 18.7. The van der Waals surface area contributed by atoms with Crippen LogP contribution < -0.4 is 4.90 Å². The van der Waals surface area contributed by atoms with Crippen LogP contribution in [0.15, 0.2) is 55.2 Å². The van der Waals surface area contributed by atoms with Gasteiger partial charge in [-0.1, -0.05) is 29.8 Å². The van der Waals surface area contributed by atoms with E-state index >= 15 is 0 Å². The lowest BCUT2D eigenvalue weighted by atomic mass is 10.1. The molecule has 9 heteroatoms. The molecular formula is C23H25ClN2O6. The number of fused-ring (bicyclic) bond motifs is 1. The highest BCUT2D eigenvalue weighted by Gasteiger charge is 2.41. The number of hydrogen-bond donors (Lipinski definition) is 0. The number of esters is 2. The first-order valence-corrected chi connectivity index (χ1v) is 10.5. The summed E-state index contributed by atoms with van der Waals surface area (Å²) in [6, 6.07) is 3.93. The molecule has 0 spiro atoms. The van der Waals surface area contributed by atoms with Crippen LogP contribution in [-0.4, -0.2) is 54.1 Å². The van der Waals surface area contributed by atoms with Gasteiger partial charge < -0.3 is 14.7 Å². The van der Waals surface area contributed by atoms with Gasteiger partial charge in [0.1, 0.15) is 0 Å². The van der Waals surface area contributed by atoms with E-state index in [1.807, 2.05) is 0 Å². The number of carbonyl (C=O) groups is 3. The molecule has 1 aromatic rings. The molecule has 1 aliphatic rings. The normalized spacial score (nSPS) is 15.7. The average Bonchev–Trinajstić information content (AvgIpc) is 3.03. The third kappa shape index (κ3) is 5.85. The number of anilines is 1. The van der Waals surface area contributed by atoms with Crippen molar-refractivity contribution in [2.75, 3.05) is 24.7 Å². The number of ether oxygens (including phenoxy) is 2. The van der Waals surface area contributed by atoms with Crippen LogP contribution in [0.2, 0.25) is 5.02 Å². The predicted octanol–water partition coefficient (Wildman–Crippen LogP) is 3.17. The fraction of sp³-hybridized carbons (Fsp3) is 0.304. The first-order valence-electron chi connectivity index (χ1n) is 10.1. The van der Waals surface area contributed by atoms with Crippen molar-refractivity contribution in [2.45, 2.75) is 26.3 Å². The molecule has 8 nitrogen and oxygen atoms in total. The van der Waals surface area contributed by atoms with Gasteiger partial charge in [-0.15, -0.1) is 6.58 Å². The highest BCUT2D eigenvalue weighted by Crippen LogP contribution is 2.36. The van der Waals surface area contributed by atoms with Gasteiger partial charge in [-0.2, -0.15) is 4.74 Å². The van der Waals surface area contributed by atoms with E-state index in [-0.39, 0.29) is 31.9 Å². The number of nitrogens with zero attached hydrogens (tertiary/aromatic N) is 2. The van der Waals surface area contributed by atoms with E-state index in [1.54, 1.807) is 32.0 Å². The van der Waals surface area contributed by atoms with E-state index in [2.05, 4.69) is 6.58 Å². The summed E-state index contributed by atoms with van der Waals surface area (Å²) in [5, 5.41) is 13.7. The Balaban J connectivity index is 2.50. The highest BCUT2D eigenvalue weighted by atomic mass is 35.5. The summed E-state index contributed by atoms with van der Waals surface area (Å²) in [5.41, 5.74) is 0.681. The third-order valence-electron chi connectivity index (χ3n) is 4.45. The van der Waals surface area contributed by atoms with Gasteiger partial charge in [0.25, 0.3) is 5.71 Å². The lowest BCUT2D eigenvalue weighted by Gasteiger charge is -2.15. The molecule has 1 atom stereocenters. The Labute approximate surface area is 191 Å². The number of halogens is 1. The number of amides is 1. The van der Waals surface area contributed by atoms with E-state index in [0.29, 0.717) is 21.0 Å². The molecular weight excluding hydrogens is 436 g/mol. The van der Waals surface area contributed by atoms with Gasteiger partial charge in [-0.25, -0.2) is 9.59 Å². The summed E-state index contributed by atoms with van der Waals surface area (Å²) < 4.78 is 10.2. The molecule has 0 saturated heterocycles. The molecule has 1 aliphatic heterocycles. The van der Waals surface area contributed by atoms with Crippen LogP contribution >= 0.6 is 11.6 Å². The zero-order valence-electron chi connectivity index (χ0n) is 18.0. The minimum absolute atomic E-state index is 0.0341. The Bertz CT molecular complexity index is 983. The van der Waals surface area contributed by atoms with E-state index in [9.17, 15) is 19.6 Å². The monoisotopic (exact) mass is 460 g/mol. The molecule has 1 amide bonds. The third-order valence-corrected chi connectivity index (χ3v) is 4.76. The Morgan fingerprint density at radius 3 is 2.50 bits per heavy atom. The van der Waals surface area contributed by atoms with Crippen LogP contribution in [0, 0.1) is 5.21 Å². The molecule has 1 unspecified atom stereocenters. The van der Waals surface area contributed by atoms with Crippen molar-refractivity contribution >= 4 is 40.8 Å². The number of para-hydroxylation sites is 1. The van der Waals surface area contributed by atoms with Crippen LogP contribution in [-0.2, 0) is 23.9 Å². The summed E-state index contributed by atoms with van der Waals surface area (Å²) >= 11 is 6.30. The SMILES string of the molecule is C=CCN1C(=O)/C(=[N+](/[O-])C(/C=C/C(=O)OCC)C/C=C/C(=O)OCC)c2cccc(Cl)c21. The van der Waals surface area contributed by atoms with Crippen LogP contribution in [0.3, 0.4) is 0 Å².